The van der Waals surface area contributed by atoms with Gasteiger partial charge in [-0.1, -0.05) is 6.07 Å². The fourth-order valence-corrected chi connectivity index (χ4v) is 3.04. The maximum Gasteiger partial charge on any atom is 0.0940 e. The van der Waals surface area contributed by atoms with Crippen LogP contribution in [-0.2, 0) is 6.42 Å². The molecule has 0 aliphatic heterocycles. The molecule has 2 rings (SSSR count). The van der Waals surface area contributed by atoms with Gasteiger partial charge in [0.05, 0.1) is 10.7 Å². The van der Waals surface area contributed by atoms with Crippen molar-refractivity contribution in [3.63, 3.8) is 0 Å². The molecule has 0 aliphatic carbocycles. The van der Waals surface area contributed by atoms with Crippen molar-refractivity contribution in [3.8, 4) is 11.3 Å². The van der Waals surface area contributed by atoms with Gasteiger partial charge in [-0.2, -0.15) is 12.6 Å². The molecule has 3 heteroatoms. The molecular weight excluding hydrogens is 246 g/mol. The third-order valence-corrected chi connectivity index (χ3v) is 4.13. The van der Waals surface area contributed by atoms with Crippen LogP contribution >= 0.6 is 24.0 Å². The van der Waals surface area contributed by atoms with Crippen LogP contribution in [0, 0.1) is 20.8 Å². The highest BCUT2D eigenvalue weighted by Gasteiger charge is 2.08. The molecule has 1 aromatic carbocycles. The van der Waals surface area contributed by atoms with Gasteiger partial charge in [0.1, 0.15) is 0 Å². The first-order valence-corrected chi connectivity index (χ1v) is 7.26. The highest BCUT2D eigenvalue weighted by atomic mass is 32.1. The zero-order valence-electron chi connectivity index (χ0n) is 10.4. The highest BCUT2D eigenvalue weighted by molar-refractivity contribution is 7.80. The predicted molar refractivity (Wildman–Crippen MR) is 79.3 cm³/mol. The number of hydrogen-bond acceptors (Lipinski definition) is 3. The molecule has 0 atom stereocenters. The van der Waals surface area contributed by atoms with E-state index >= 15 is 0 Å². The van der Waals surface area contributed by atoms with Crippen LogP contribution < -0.4 is 0 Å². The predicted octanol–water partition coefficient (Wildman–Crippen LogP) is 4.21. The van der Waals surface area contributed by atoms with E-state index in [1.54, 1.807) is 11.3 Å². The van der Waals surface area contributed by atoms with Crippen molar-refractivity contribution in [1.29, 1.82) is 0 Å². The number of thiol groups is 1. The molecule has 1 nitrogen and oxygen atoms in total. The lowest BCUT2D eigenvalue weighted by molar-refractivity contribution is 1.11. The summed E-state index contributed by atoms with van der Waals surface area (Å²) in [6.45, 7) is 6.46. The van der Waals surface area contributed by atoms with Crippen molar-refractivity contribution < 1.29 is 0 Å². The molecule has 0 fully saturated rings. The smallest absolute Gasteiger partial charge is 0.0940 e. The van der Waals surface area contributed by atoms with Crippen molar-refractivity contribution in [2.24, 2.45) is 0 Å². The van der Waals surface area contributed by atoms with Crippen molar-refractivity contribution in [2.75, 3.05) is 5.75 Å². The summed E-state index contributed by atoms with van der Waals surface area (Å²) in [6.07, 6.45) is 0.956. The molecule has 0 radical (unpaired) electrons. The van der Waals surface area contributed by atoms with Crippen molar-refractivity contribution in [2.45, 2.75) is 27.2 Å². The third-order valence-electron chi connectivity index (χ3n) is 2.99. The SMILES string of the molecule is Cc1cc(C)c(-c2csc(CCS)n2)cc1C. The van der Waals surface area contributed by atoms with Crippen molar-refractivity contribution in [3.05, 3.63) is 39.2 Å². The fourth-order valence-electron chi connectivity index (χ4n) is 1.88. The summed E-state index contributed by atoms with van der Waals surface area (Å²) >= 11 is 5.97. The Balaban J connectivity index is 2.41. The van der Waals surface area contributed by atoms with Gasteiger partial charge in [-0.15, -0.1) is 11.3 Å². The second kappa shape index (κ2) is 5.23. The summed E-state index contributed by atoms with van der Waals surface area (Å²) in [5.74, 6) is 0.860. The molecule has 0 unspecified atom stereocenters. The van der Waals surface area contributed by atoms with Crippen LogP contribution in [0.2, 0.25) is 0 Å². The van der Waals surface area contributed by atoms with Gasteiger partial charge >= 0.3 is 0 Å². The molecule has 0 saturated heterocycles. The summed E-state index contributed by atoms with van der Waals surface area (Å²) < 4.78 is 0. The Kier molecular flexibility index (Phi) is 3.89. The molecular formula is C14H17NS2. The number of rotatable bonds is 3. The van der Waals surface area contributed by atoms with Crippen LogP contribution in [0.5, 0.6) is 0 Å². The highest BCUT2D eigenvalue weighted by Crippen LogP contribution is 2.27. The number of aryl methyl sites for hydroxylation is 4. The lowest BCUT2D eigenvalue weighted by Crippen LogP contribution is -1.90. The van der Waals surface area contributed by atoms with Crippen LogP contribution in [0.3, 0.4) is 0 Å². The van der Waals surface area contributed by atoms with Gasteiger partial charge in [-0.3, -0.25) is 0 Å². The van der Waals surface area contributed by atoms with Gasteiger partial charge in [-0.05, 0) is 49.3 Å². The topological polar surface area (TPSA) is 12.9 Å². The fraction of sp³-hybridized carbons (Fsp3) is 0.357. The molecule has 90 valence electrons. The van der Waals surface area contributed by atoms with E-state index in [1.807, 2.05) is 0 Å². The standard InChI is InChI=1S/C14H17NS2/c1-9-6-11(3)12(7-10(9)2)13-8-17-14(15-13)4-5-16/h6-8,16H,4-5H2,1-3H3. The van der Waals surface area contributed by atoms with E-state index in [2.05, 4.69) is 55.9 Å². The largest absolute Gasteiger partial charge is 0.241 e. The quantitative estimate of drug-likeness (QED) is 0.819. The molecule has 0 aliphatic rings. The van der Waals surface area contributed by atoms with E-state index < -0.39 is 0 Å². The summed E-state index contributed by atoms with van der Waals surface area (Å²) in [5, 5.41) is 3.32. The zero-order valence-corrected chi connectivity index (χ0v) is 12.2. The Morgan fingerprint density at radius 2 is 1.82 bits per heavy atom. The number of nitrogens with zero attached hydrogens (tertiary/aromatic N) is 1. The van der Waals surface area contributed by atoms with Gasteiger partial charge in [-0.25, -0.2) is 4.98 Å². The van der Waals surface area contributed by atoms with Gasteiger partial charge < -0.3 is 0 Å². The maximum absolute atomic E-state index is 4.67. The Morgan fingerprint density at radius 1 is 1.12 bits per heavy atom. The van der Waals surface area contributed by atoms with E-state index in [-0.39, 0.29) is 0 Å². The minimum absolute atomic E-state index is 0.860. The first-order valence-electron chi connectivity index (χ1n) is 5.75. The lowest BCUT2D eigenvalue weighted by Gasteiger charge is -2.07. The number of benzene rings is 1. The number of aromatic nitrogens is 1. The molecule has 0 amide bonds. The normalized spacial score (nSPS) is 10.8. The minimum atomic E-state index is 0.860. The molecule has 1 heterocycles. The maximum atomic E-state index is 4.67. The number of hydrogen-bond donors (Lipinski definition) is 1. The van der Waals surface area contributed by atoms with Crippen LogP contribution in [0.25, 0.3) is 11.3 Å². The van der Waals surface area contributed by atoms with Crippen molar-refractivity contribution >= 4 is 24.0 Å². The van der Waals surface area contributed by atoms with Gasteiger partial charge in [0.25, 0.3) is 0 Å². The molecule has 0 spiro atoms. The van der Waals surface area contributed by atoms with Gasteiger partial charge in [0.2, 0.25) is 0 Å². The first-order chi connectivity index (χ1) is 8.11. The molecule has 1 aromatic heterocycles. The second-order valence-electron chi connectivity index (χ2n) is 4.35. The Morgan fingerprint density at radius 3 is 2.53 bits per heavy atom. The monoisotopic (exact) mass is 263 g/mol. The summed E-state index contributed by atoms with van der Waals surface area (Å²) in [6, 6.07) is 4.48. The molecule has 0 N–H and O–H groups in total. The summed E-state index contributed by atoms with van der Waals surface area (Å²) in [4.78, 5) is 4.67. The molecule has 0 bridgehead atoms. The average Bonchev–Trinajstić information content (AvgIpc) is 2.72. The Labute approximate surface area is 112 Å². The van der Waals surface area contributed by atoms with E-state index in [0.717, 1.165) is 17.9 Å². The van der Waals surface area contributed by atoms with E-state index in [1.165, 1.54) is 27.3 Å². The Bertz CT molecular complexity index is 529. The van der Waals surface area contributed by atoms with Crippen molar-refractivity contribution in [1.82, 2.24) is 4.98 Å². The molecule has 2 aromatic rings. The van der Waals surface area contributed by atoms with Crippen LogP contribution in [0.1, 0.15) is 21.7 Å². The second-order valence-corrected chi connectivity index (χ2v) is 5.74. The summed E-state index contributed by atoms with van der Waals surface area (Å²) in [5.41, 5.74) is 6.34. The van der Waals surface area contributed by atoms with Crippen LogP contribution in [-0.4, -0.2) is 10.7 Å². The van der Waals surface area contributed by atoms with E-state index in [4.69, 9.17) is 0 Å². The molecule has 17 heavy (non-hydrogen) atoms. The minimum Gasteiger partial charge on any atom is -0.241 e. The first kappa shape index (κ1) is 12.7. The molecule has 0 saturated carbocycles. The van der Waals surface area contributed by atoms with Gasteiger partial charge in [0.15, 0.2) is 0 Å². The summed E-state index contributed by atoms with van der Waals surface area (Å²) in [7, 11) is 0. The lowest BCUT2D eigenvalue weighted by atomic mass is 9.99. The van der Waals surface area contributed by atoms with E-state index in [0.29, 0.717) is 0 Å². The van der Waals surface area contributed by atoms with E-state index in [9.17, 15) is 0 Å². The zero-order chi connectivity index (χ0) is 12.4. The van der Waals surface area contributed by atoms with Crippen LogP contribution in [0.4, 0.5) is 0 Å². The number of thiazole rings is 1. The third kappa shape index (κ3) is 2.72. The Hall–Kier alpha value is -0.800. The average molecular weight is 263 g/mol. The van der Waals surface area contributed by atoms with Gasteiger partial charge in [0, 0.05) is 17.4 Å². The van der Waals surface area contributed by atoms with Crippen LogP contribution in [0.15, 0.2) is 17.5 Å².